The van der Waals surface area contributed by atoms with Gasteiger partial charge in [-0.25, -0.2) is 18.5 Å². The highest BCUT2D eigenvalue weighted by atomic mass is 32.2. The summed E-state index contributed by atoms with van der Waals surface area (Å²) in [7, 11) is -3.47. The van der Waals surface area contributed by atoms with E-state index in [-0.39, 0.29) is 24.5 Å². The number of rotatable bonds is 5. The second-order valence-corrected chi connectivity index (χ2v) is 6.83. The number of likely N-dealkylation sites (tertiary alicyclic amines) is 1. The molecule has 2 heterocycles. The second kappa shape index (κ2) is 6.36. The molecule has 0 bridgehead atoms. The van der Waals surface area contributed by atoms with Gasteiger partial charge in [-0.05, 0) is 19.3 Å². The van der Waals surface area contributed by atoms with Crippen molar-refractivity contribution in [2.75, 3.05) is 18.8 Å². The Morgan fingerprint density at radius 3 is 2.70 bits per heavy atom. The summed E-state index contributed by atoms with van der Waals surface area (Å²) in [6.07, 6.45) is 5.83. The highest BCUT2D eigenvalue weighted by Crippen LogP contribution is 2.25. The van der Waals surface area contributed by atoms with Gasteiger partial charge in [-0.2, -0.15) is 0 Å². The van der Waals surface area contributed by atoms with Gasteiger partial charge < -0.3 is 9.88 Å². The molecule has 0 saturated carbocycles. The van der Waals surface area contributed by atoms with Gasteiger partial charge in [0.1, 0.15) is 5.82 Å². The van der Waals surface area contributed by atoms with Crippen LogP contribution in [-0.4, -0.2) is 48.0 Å². The number of amides is 1. The van der Waals surface area contributed by atoms with Crippen LogP contribution in [0.5, 0.6) is 0 Å². The van der Waals surface area contributed by atoms with E-state index in [2.05, 4.69) is 9.97 Å². The molecule has 0 aromatic carbocycles. The number of imidazole rings is 1. The smallest absolute Gasteiger partial charge is 0.222 e. The Labute approximate surface area is 118 Å². The molecule has 1 aliphatic heterocycles. The summed E-state index contributed by atoms with van der Waals surface area (Å²) in [5, 5.41) is 4.91. The Morgan fingerprint density at radius 1 is 1.45 bits per heavy atom. The molecular weight excluding hydrogens is 280 g/mol. The first-order valence-corrected chi connectivity index (χ1v) is 8.45. The lowest BCUT2D eigenvalue weighted by Crippen LogP contribution is -2.38. The molecule has 0 atom stereocenters. The minimum absolute atomic E-state index is 0.00606. The van der Waals surface area contributed by atoms with Crippen molar-refractivity contribution < 1.29 is 13.2 Å². The van der Waals surface area contributed by atoms with Gasteiger partial charge in [0.25, 0.3) is 0 Å². The number of sulfonamides is 1. The van der Waals surface area contributed by atoms with Crippen molar-refractivity contribution >= 4 is 15.9 Å². The molecule has 3 N–H and O–H groups in total. The molecule has 0 unspecified atom stereocenters. The number of carbonyl (C=O) groups excluding carboxylic acids is 1. The third kappa shape index (κ3) is 4.31. The van der Waals surface area contributed by atoms with E-state index in [0.717, 1.165) is 18.7 Å². The van der Waals surface area contributed by atoms with Crippen LogP contribution in [-0.2, 0) is 14.8 Å². The fraction of sp³-hybridized carbons (Fsp3) is 0.667. The van der Waals surface area contributed by atoms with Crippen LogP contribution in [0, 0.1) is 0 Å². The average Bonchev–Trinajstić information content (AvgIpc) is 2.91. The first-order valence-electron chi connectivity index (χ1n) is 6.73. The van der Waals surface area contributed by atoms with E-state index in [1.54, 1.807) is 17.3 Å². The van der Waals surface area contributed by atoms with Crippen LogP contribution >= 0.6 is 0 Å². The van der Waals surface area contributed by atoms with Gasteiger partial charge in [0.2, 0.25) is 15.9 Å². The Balaban J connectivity index is 1.74. The first kappa shape index (κ1) is 15.0. The molecule has 1 aromatic heterocycles. The zero-order valence-electron chi connectivity index (χ0n) is 11.3. The minimum Gasteiger partial charge on any atom is -0.348 e. The largest absolute Gasteiger partial charge is 0.348 e. The van der Waals surface area contributed by atoms with E-state index in [4.69, 9.17) is 5.14 Å². The van der Waals surface area contributed by atoms with Crippen molar-refractivity contribution in [3.8, 4) is 0 Å². The zero-order chi connectivity index (χ0) is 14.6. The van der Waals surface area contributed by atoms with E-state index in [1.165, 1.54) is 0 Å². The molecule has 0 aliphatic carbocycles. The lowest BCUT2D eigenvalue weighted by atomic mass is 9.96. The first-order chi connectivity index (χ1) is 9.46. The van der Waals surface area contributed by atoms with Crippen molar-refractivity contribution in [1.82, 2.24) is 14.9 Å². The molecule has 1 saturated heterocycles. The lowest BCUT2D eigenvalue weighted by Gasteiger charge is -2.31. The molecule has 2 rings (SSSR count). The molecular formula is C12H20N4O3S. The van der Waals surface area contributed by atoms with Gasteiger partial charge in [-0.15, -0.1) is 0 Å². The molecule has 1 amide bonds. The maximum Gasteiger partial charge on any atom is 0.222 e. The van der Waals surface area contributed by atoms with Crippen molar-refractivity contribution in [3.63, 3.8) is 0 Å². The summed E-state index contributed by atoms with van der Waals surface area (Å²) < 4.78 is 21.6. The van der Waals surface area contributed by atoms with Crippen LogP contribution in [0.25, 0.3) is 0 Å². The van der Waals surface area contributed by atoms with Crippen molar-refractivity contribution in [2.24, 2.45) is 5.14 Å². The number of aromatic nitrogens is 2. The minimum atomic E-state index is -3.47. The molecule has 0 radical (unpaired) electrons. The third-order valence-electron chi connectivity index (χ3n) is 3.57. The van der Waals surface area contributed by atoms with Gasteiger partial charge in [0.15, 0.2) is 0 Å². The summed E-state index contributed by atoms with van der Waals surface area (Å²) in [4.78, 5) is 21.1. The number of nitrogens with two attached hydrogens (primary N) is 1. The van der Waals surface area contributed by atoms with Crippen molar-refractivity contribution in [1.29, 1.82) is 0 Å². The SMILES string of the molecule is NS(=O)(=O)CCCC(=O)N1CCC(c2ncc[nH]2)CC1. The number of hydrogen-bond acceptors (Lipinski definition) is 4. The van der Waals surface area contributed by atoms with E-state index < -0.39 is 10.0 Å². The van der Waals surface area contributed by atoms with Gasteiger partial charge in [-0.3, -0.25) is 4.79 Å². The van der Waals surface area contributed by atoms with E-state index in [0.29, 0.717) is 19.0 Å². The summed E-state index contributed by atoms with van der Waals surface area (Å²) in [5.41, 5.74) is 0. The highest BCUT2D eigenvalue weighted by molar-refractivity contribution is 7.89. The summed E-state index contributed by atoms with van der Waals surface area (Å²) >= 11 is 0. The maximum absolute atomic E-state index is 11.9. The number of H-pyrrole nitrogens is 1. The van der Waals surface area contributed by atoms with Crippen LogP contribution in [0.3, 0.4) is 0 Å². The Bertz CT molecular complexity index is 533. The van der Waals surface area contributed by atoms with Gasteiger partial charge in [-0.1, -0.05) is 0 Å². The maximum atomic E-state index is 11.9. The number of piperidine rings is 1. The second-order valence-electron chi connectivity index (χ2n) is 5.10. The fourth-order valence-corrected chi connectivity index (χ4v) is 3.03. The lowest BCUT2D eigenvalue weighted by molar-refractivity contribution is -0.132. The highest BCUT2D eigenvalue weighted by Gasteiger charge is 2.24. The van der Waals surface area contributed by atoms with Crippen LogP contribution in [0.15, 0.2) is 12.4 Å². The van der Waals surface area contributed by atoms with Gasteiger partial charge in [0.05, 0.1) is 5.75 Å². The van der Waals surface area contributed by atoms with E-state index in [1.807, 2.05) is 0 Å². The van der Waals surface area contributed by atoms with Crippen LogP contribution in [0.2, 0.25) is 0 Å². The van der Waals surface area contributed by atoms with Crippen LogP contribution in [0.4, 0.5) is 0 Å². The van der Waals surface area contributed by atoms with E-state index >= 15 is 0 Å². The summed E-state index contributed by atoms with van der Waals surface area (Å²) in [6.45, 7) is 1.39. The predicted octanol–water partition coefficient (Wildman–Crippen LogP) is 0.184. The van der Waals surface area contributed by atoms with Crippen molar-refractivity contribution in [2.45, 2.75) is 31.6 Å². The Kier molecular flexibility index (Phi) is 4.77. The van der Waals surface area contributed by atoms with Gasteiger partial charge >= 0.3 is 0 Å². The number of nitrogens with zero attached hydrogens (tertiary/aromatic N) is 2. The monoisotopic (exact) mass is 300 g/mol. The molecule has 7 nitrogen and oxygen atoms in total. The molecule has 1 aromatic rings. The molecule has 112 valence electrons. The molecule has 20 heavy (non-hydrogen) atoms. The molecule has 1 aliphatic rings. The summed E-state index contributed by atoms with van der Waals surface area (Å²) in [5.74, 6) is 1.22. The normalized spacial score (nSPS) is 17.4. The number of carbonyl (C=O) groups is 1. The van der Waals surface area contributed by atoms with Crippen LogP contribution in [0.1, 0.15) is 37.4 Å². The zero-order valence-corrected chi connectivity index (χ0v) is 12.1. The number of nitrogens with one attached hydrogen (secondary N) is 1. The van der Waals surface area contributed by atoms with Crippen molar-refractivity contribution in [3.05, 3.63) is 18.2 Å². The topological polar surface area (TPSA) is 109 Å². The predicted molar refractivity (Wildman–Crippen MR) is 74.4 cm³/mol. The Hall–Kier alpha value is -1.41. The fourth-order valence-electron chi connectivity index (χ4n) is 2.49. The summed E-state index contributed by atoms with van der Waals surface area (Å²) in [6, 6.07) is 0. The number of aromatic amines is 1. The third-order valence-corrected chi connectivity index (χ3v) is 4.43. The quantitative estimate of drug-likeness (QED) is 0.808. The molecule has 1 fully saturated rings. The molecule has 0 spiro atoms. The Morgan fingerprint density at radius 2 is 2.15 bits per heavy atom. The standard InChI is InChI=1S/C12H20N4O3S/c13-20(18,19)9-1-2-11(17)16-7-3-10(4-8-16)12-14-5-6-15-12/h5-6,10H,1-4,7-9H2,(H,14,15)(H2,13,18,19). The average molecular weight is 300 g/mol. The molecule has 8 heteroatoms. The van der Waals surface area contributed by atoms with Crippen LogP contribution < -0.4 is 5.14 Å². The number of hydrogen-bond donors (Lipinski definition) is 2. The number of primary sulfonamides is 1. The van der Waals surface area contributed by atoms with Gasteiger partial charge in [0, 0.05) is 37.8 Å². The van der Waals surface area contributed by atoms with E-state index in [9.17, 15) is 13.2 Å².